The van der Waals surface area contributed by atoms with Gasteiger partial charge >= 0.3 is 0 Å². The molecule has 3 aromatic carbocycles. The first-order valence-electron chi connectivity index (χ1n) is 12.4. The van der Waals surface area contributed by atoms with E-state index in [1.807, 2.05) is 0 Å². The van der Waals surface area contributed by atoms with Gasteiger partial charge in [0.05, 0.1) is 0 Å². The Labute approximate surface area is 195 Å². The van der Waals surface area contributed by atoms with E-state index < -0.39 is 0 Å². The monoisotopic (exact) mass is 422 g/mol. The third-order valence-corrected chi connectivity index (χ3v) is 7.64. The summed E-state index contributed by atoms with van der Waals surface area (Å²) in [5.74, 6) is 1.48. The molecule has 1 aliphatic carbocycles. The van der Waals surface area contributed by atoms with Gasteiger partial charge in [-0.2, -0.15) is 0 Å². The Morgan fingerprint density at radius 2 is 1.59 bits per heavy atom. The van der Waals surface area contributed by atoms with Crippen molar-refractivity contribution in [3.8, 4) is 11.1 Å². The van der Waals surface area contributed by atoms with Crippen molar-refractivity contribution in [3.05, 3.63) is 107 Å². The summed E-state index contributed by atoms with van der Waals surface area (Å²) in [6, 6.07) is 24.7. The highest BCUT2D eigenvalue weighted by molar-refractivity contribution is 5.68. The molecule has 1 fully saturated rings. The van der Waals surface area contributed by atoms with Gasteiger partial charge in [-0.15, -0.1) is 0 Å². The fourth-order valence-corrected chi connectivity index (χ4v) is 5.72. The molecule has 1 saturated carbocycles. The van der Waals surface area contributed by atoms with E-state index in [0.29, 0.717) is 5.92 Å². The molecule has 2 unspecified atom stereocenters. The number of rotatable bonds is 7. The molecule has 0 bridgehead atoms. The molecule has 32 heavy (non-hydrogen) atoms. The first kappa shape index (κ1) is 22.6. The zero-order chi connectivity index (χ0) is 22.5. The molecule has 2 atom stereocenters. The second-order valence-corrected chi connectivity index (χ2v) is 9.92. The summed E-state index contributed by atoms with van der Waals surface area (Å²) in [5.41, 5.74) is 11.4. The van der Waals surface area contributed by atoms with Gasteiger partial charge in [0.2, 0.25) is 0 Å². The second-order valence-electron chi connectivity index (χ2n) is 9.92. The summed E-state index contributed by atoms with van der Waals surface area (Å²) in [6.45, 7) is 11.1. The SMILES string of the molecule is C=C(C)C1CCCCC1Cc1ccc(CCc2cccc(-c3ccccc3)c2C)c(C)c1. The van der Waals surface area contributed by atoms with Gasteiger partial charge in [-0.1, -0.05) is 91.7 Å². The fourth-order valence-electron chi connectivity index (χ4n) is 5.72. The van der Waals surface area contributed by atoms with Crippen LogP contribution in [0.2, 0.25) is 0 Å². The first-order chi connectivity index (χ1) is 15.5. The second kappa shape index (κ2) is 10.3. The third kappa shape index (κ3) is 5.23. The van der Waals surface area contributed by atoms with Gasteiger partial charge in [0.1, 0.15) is 0 Å². The van der Waals surface area contributed by atoms with E-state index in [2.05, 4.69) is 94.1 Å². The minimum atomic E-state index is 0.712. The maximum Gasteiger partial charge on any atom is -0.0152 e. The number of hydrogen-bond donors (Lipinski definition) is 0. The summed E-state index contributed by atoms with van der Waals surface area (Å²) in [4.78, 5) is 0. The highest BCUT2D eigenvalue weighted by Gasteiger charge is 2.25. The van der Waals surface area contributed by atoms with Crippen LogP contribution >= 0.6 is 0 Å². The van der Waals surface area contributed by atoms with E-state index in [1.54, 1.807) is 0 Å². The van der Waals surface area contributed by atoms with Crippen LogP contribution in [0.3, 0.4) is 0 Å². The van der Waals surface area contributed by atoms with Crippen molar-refractivity contribution in [2.75, 3.05) is 0 Å². The average molecular weight is 423 g/mol. The topological polar surface area (TPSA) is 0 Å². The molecule has 0 aromatic heterocycles. The van der Waals surface area contributed by atoms with E-state index in [0.717, 1.165) is 18.8 Å². The van der Waals surface area contributed by atoms with Gasteiger partial charge in [0.25, 0.3) is 0 Å². The Morgan fingerprint density at radius 1 is 0.844 bits per heavy atom. The maximum atomic E-state index is 4.29. The van der Waals surface area contributed by atoms with Crippen molar-refractivity contribution in [2.24, 2.45) is 11.8 Å². The van der Waals surface area contributed by atoms with E-state index in [9.17, 15) is 0 Å². The summed E-state index contributed by atoms with van der Waals surface area (Å²) < 4.78 is 0. The van der Waals surface area contributed by atoms with Crippen molar-refractivity contribution in [3.63, 3.8) is 0 Å². The molecule has 166 valence electrons. The minimum absolute atomic E-state index is 0.712. The number of aryl methyl sites for hydroxylation is 3. The highest BCUT2D eigenvalue weighted by Crippen LogP contribution is 2.36. The fraction of sp³-hybridized carbons (Fsp3) is 0.375. The molecule has 0 heteroatoms. The summed E-state index contributed by atoms with van der Waals surface area (Å²) >= 11 is 0. The largest absolute Gasteiger partial charge is 0.0999 e. The number of hydrogen-bond acceptors (Lipinski definition) is 0. The summed E-state index contributed by atoms with van der Waals surface area (Å²) in [7, 11) is 0. The predicted molar refractivity (Wildman–Crippen MR) is 139 cm³/mol. The predicted octanol–water partition coefficient (Wildman–Crippen LogP) is 8.68. The zero-order valence-electron chi connectivity index (χ0n) is 20.2. The van der Waals surface area contributed by atoms with Gasteiger partial charge in [-0.05, 0) is 104 Å². The molecule has 0 N–H and O–H groups in total. The molecule has 3 aromatic rings. The number of allylic oxidation sites excluding steroid dienone is 1. The van der Waals surface area contributed by atoms with Gasteiger partial charge < -0.3 is 0 Å². The molecular formula is C32H38. The quantitative estimate of drug-likeness (QED) is 0.334. The zero-order valence-corrected chi connectivity index (χ0v) is 20.2. The molecular weight excluding hydrogens is 384 g/mol. The lowest BCUT2D eigenvalue weighted by Crippen LogP contribution is -2.22. The van der Waals surface area contributed by atoms with Gasteiger partial charge in [-0.3, -0.25) is 0 Å². The Kier molecular flexibility index (Phi) is 7.30. The first-order valence-corrected chi connectivity index (χ1v) is 12.4. The maximum absolute atomic E-state index is 4.29. The van der Waals surface area contributed by atoms with Crippen LogP contribution in [0.1, 0.15) is 60.4 Å². The van der Waals surface area contributed by atoms with Crippen LogP contribution in [-0.4, -0.2) is 0 Å². The smallest absolute Gasteiger partial charge is 0.0152 e. The number of benzene rings is 3. The molecule has 0 heterocycles. The van der Waals surface area contributed by atoms with Gasteiger partial charge in [0, 0.05) is 0 Å². The van der Waals surface area contributed by atoms with E-state index in [1.165, 1.54) is 76.6 Å². The van der Waals surface area contributed by atoms with E-state index in [4.69, 9.17) is 0 Å². The molecule has 4 rings (SSSR count). The van der Waals surface area contributed by atoms with Crippen LogP contribution in [-0.2, 0) is 19.3 Å². The van der Waals surface area contributed by atoms with Crippen molar-refractivity contribution >= 4 is 0 Å². The minimum Gasteiger partial charge on any atom is -0.0999 e. The highest BCUT2D eigenvalue weighted by atomic mass is 14.3. The normalized spacial score (nSPS) is 18.5. The Bertz CT molecular complexity index is 1060. The lowest BCUT2D eigenvalue weighted by molar-refractivity contribution is 0.270. The van der Waals surface area contributed by atoms with Crippen LogP contribution in [0.15, 0.2) is 78.9 Å². The van der Waals surface area contributed by atoms with Crippen molar-refractivity contribution in [1.29, 1.82) is 0 Å². The Balaban J connectivity index is 1.44. The Hall–Kier alpha value is -2.60. The van der Waals surface area contributed by atoms with Crippen LogP contribution in [0.5, 0.6) is 0 Å². The summed E-state index contributed by atoms with van der Waals surface area (Å²) in [6.07, 6.45) is 8.84. The van der Waals surface area contributed by atoms with E-state index in [-0.39, 0.29) is 0 Å². The van der Waals surface area contributed by atoms with E-state index >= 15 is 0 Å². The molecule has 0 amide bonds. The molecule has 0 saturated heterocycles. The molecule has 0 aliphatic heterocycles. The molecule has 0 spiro atoms. The van der Waals surface area contributed by atoms with Crippen molar-refractivity contribution in [1.82, 2.24) is 0 Å². The lowest BCUT2D eigenvalue weighted by atomic mass is 9.73. The van der Waals surface area contributed by atoms with Crippen LogP contribution in [0, 0.1) is 25.7 Å². The standard InChI is InChI=1S/C32H38/c1-23(2)31-15-9-8-13-30(31)22-26-17-18-27(24(3)21-26)19-20-28-14-10-16-32(25(28)4)29-11-6-5-7-12-29/h5-7,10-12,14,16-18,21,30-31H,1,8-9,13,15,19-20,22H2,2-4H3. The van der Waals surface area contributed by atoms with Gasteiger partial charge in [0.15, 0.2) is 0 Å². The summed E-state index contributed by atoms with van der Waals surface area (Å²) in [5, 5.41) is 0. The van der Waals surface area contributed by atoms with Crippen molar-refractivity contribution < 1.29 is 0 Å². The Morgan fingerprint density at radius 3 is 2.34 bits per heavy atom. The van der Waals surface area contributed by atoms with Crippen LogP contribution in [0.25, 0.3) is 11.1 Å². The molecule has 0 radical (unpaired) electrons. The third-order valence-electron chi connectivity index (χ3n) is 7.64. The van der Waals surface area contributed by atoms with Gasteiger partial charge in [-0.25, -0.2) is 0 Å². The lowest BCUT2D eigenvalue weighted by Gasteiger charge is -2.32. The average Bonchev–Trinajstić information content (AvgIpc) is 2.80. The molecule has 0 nitrogen and oxygen atoms in total. The van der Waals surface area contributed by atoms with Crippen LogP contribution < -0.4 is 0 Å². The van der Waals surface area contributed by atoms with Crippen molar-refractivity contribution in [2.45, 2.75) is 65.7 Å². The molecule has 1 aliphatic rings. The van der Waals surface area contributed by atoms with Crippen LogP contribution in [0.4, 0.5) is 0 Å².